The number of carbonyl (C=O) groups excluding carboxylic acids is 2. The summed E-state index contributed by atoms with van der Waals surface area (Å²) in [5, 5.41) is 18.0. The Hall–Kier alpha value is 0.536. The van der Waals surface area contributed by atoms with Crippen molar-refractivity contribution in [3.8, 4) is 0 Å². The number of amides is 1. The van der Waals surface area contributed by atoms with Crippen molar-refractivity contribution >= 4 is 11.9 Å². The van der Waals surface area contributed by atoms with Crippen molar-refractivity contribution in [3.63, 3.8) is 0 Å². The monoisotopic (exact) mass is 171 g/mol. The number of hydrogen-bond donors (Lipinski definition) is 2. The average Bonchev–Trinajstić information content (AvgIpc) is 1.63. The Morgan fingerprint density at radius 1 is 1.60 bits per heavy atom. The predicted molar refractivity (Wildman–Crippen MR) is 24.8 cm³/mol. The van der Waals surface area contributed by atoms with E-state index in [0.29, 0.717) is 0 Å². The van der Waals surface area contributed by atoms with Crippen LogP contribution in [-0.4, -0.2) is 23.1 Å². The Bertz CT molecular complexity index is 137. The average molecular weight is 171 g/mol. The van der Waals surface area contributed by atoms with Crippen molar-refractivity contribution in [1.29, 1.82) is 0 Å². The largest absolute Gasteiger partial charge is 1.00 e. The molecule has 52 valence electrons. The van der Waals surface area contributed by atoms with Gasteiger partial charge in [-0.1, -0.05) is 0 Å². The number of rotatable bonds is 3. The Morgan fingerprint density at radius 2 is 2.00 bits per heavy atom. The van der Waals surface area contributed by atoms with Gasteiger partial charge in [0.05, 0.1) is 0 Å². The number of carboxylic acid groups (broad SMARTS) is 1. The minimum atomic E-state index is -1.63. The third kappa shape index (κ3) is 6.65. The molecule has 0 heterocycles. The minimum absolute atomic E-state index is 0. The molecule has 0 spiro atoms. The quantitative estimate of drug-likeness (QED) is 0.412. The topological polar surface area (TPSA) is 103 Å². The molecular weight excluding hydrogens is 165 g/mol. The van der Waals surface area contributed by atoms with E-state index in [1.807, 2.05) is 0 Å². The van der Waals surface area contributed by atoms with Crippen molar-refractivity contribution in [3.05, 3.63) is 0 Å². The molecule has 0 aromatic rings. The first-order chi connectivity index (χ1) is 4.04. The number of aliphatic hydroxyl groups is 1. The smallest absolute Gasteiger partial charge is 0.550 e. The molecule has 1 amide bonds. The minimum Gasteiger partial charge on any atom is -0.550 e. The summed E-state index contributed by atoms with van der Waals surface area (Å²) >= 11 is 0. The summed E-state index contributed by atoms with van der Waals surface area (Å²) in [4.78, 5) is 19.6. The van der Waals surface area contributed by atoms with Gasteiger partial charge in [-0.05, 0) is 0 Å². The molecule has 10 heavy (non-hydrogen) atoms. The van der Waals surface area contributed by atoms with Gasteiger partial charge >= 0.3 is 51.4 Å². The van der Waals surface area contributed by atoms with Crippen LogP contribution in [-0.2, 0) is 9.59 Å². The van der Waals surface area contributed by atoms with E-state index in [9.17, 15) is 14.7 Å². The number of carbonyl (C=O) groups is 2. The molecule has 0 aromatic heterocycles. The third-order valence-electron chi connectivity index (χ3n) is 0.688. The molecule has 0 aromatic carbocycles. The molecule has 0 radical (unpaired) electrons. The first-order valence-electron chi connectivity index (χ1n) is 2.21. The molecule has 3 N–H and O–H groups in total. The molecule has 0 bridgehead atoms. The maximum absolute atomic E-state index is 9.92. The van der Waals surface area contributed by atoms with Crippen molar-refractivity contribution in [2.75, 3.05) is 0 Å². The molecule has 0 aliphatic rings. The van der Waals surface area contributed by atoms with E-state index in [0.717, 1.165) is 0 Å². The fourth-order valence-corrected chi connectivity index (χ4v) is 0.258. The summed E-state index contributed by atoms with van der Waals surface area (Å²) in [6.45, 7) is 0. The zero-order valence-electron chi connectivity index (χ0n) is 5.53. The van der Waals surface area contributed by atoms with Gasteiger partial charge in [-0.3, -0.25) is 4.79 Å². The molecule has 0 aliphatic carbocycles. The fraction of sp³-hybridized carbons (Fsp3) is 0.500. The summed E-state index contributed by atoms with van der Waals surface area (Å²) in [6.07, 6.45) is -2.37. The molecular formula is C4H6KNO4. The van der Waals surface area contributed by atoms with Gasteiger partial charge in [-0.25, -0.2) is 0 Å². The SMILES string of the molecule is NC(=O)C(O)CC(=O)[O-].[K+]. The molecule has 1 unspecified atom stereocenters. The normalized spacial score (nSPS) is 11.3. The molecule has 0 fully saturated rings. The van der Waals surface area contributed by atoms with Gasteiger partial charge in [-0.15, -0.1) is 0 Å². The number of nitrogens with two attached hydrogens (primary N) is 1. The standard InChI is InChI=1S/C4H7NO4.K/c5-4(9)2(6)1-3(7)8;/h2,6H,1H2,(H2,5,9)(H,7,8);/q;+1/p-1. The maximum Gasteiger partial charge on any atom is 1.00 e. The van der Waals surface area contributed by atoms with Crippen LogP contribution in [0.5, 0.6) is 0 Å². The molecule has 0 rings (SSSR count). The van der Waals surface area contributed by atoms with Gasteiger partial charge in [0.1, 0.15) is 6.10 Å². The van der Waals surface area contributed by atoms with Crippen molar-refractivity contribution < 1.29 is 71.2 Å². The summed E-state index contributed by atoms with van der Waals surface area (Å²) in [7, 11) is 0. The van der Waals surface area contributed by atoms with Crippen LogP contribution in [0.2, 0.25) is 0 Å². The Morgan fingerprint density at radius 3 is 2.10 bits per heavy atom. The van der Waals surface area contributed by atoms with Crippen molar-refractivity contribution in [1.82, 2.24) is 0 Å². The summed E-state index contributed by atoms with van der Waals surface area (Å²) in [6, 6.07) is 0. The van der Waals surface area contributed by atoms with Gasteiger partial charge in [0.15, 0.2) is 0 Å². The second-order valence-electron chi connectivity index (χ2n) is 1.49. The number of aliphatic hydroxyl groups excluding tert-OH is 1. The third-order valence-corrected chi connectivity index (χ3v) is 0.688. The fourth-order valence-electron chi connectivity index (χ4n) is 0.258. The first kappa shape index (κ1) is 13.1. The predicted octanol–water partition coefficient (Wildman–Crippen LogP) is -6.02. The van der Waals surface area contributed by atoms with E-state index >= 15 is 0 Å². The van der Waals surface area contributed by atoms with Gasteiger partial charge in [0.2, 0.25) is 5.91 Å². The van der Waals surface area contributed by atoms with E-state index in [-0.39, 0.29) is 51.4 Å². The van der Waals surface area contributed by atoms with Crippen LogP contribution >= 0.6 is 0 Å². The molecule has 0 saturated carbocycles. The van der Waals surface area contributed by atoms with E-state index in [2.05, 4.69) is 5.73 Å². The molecule has 0 aliphatic heterocycles. The zero-order valence-corrected chi connectivity index (χ0v) is 8.66. The van der Waals surface area contributed by atoms with Gasteiger partial charge in [0, 0.05) is 12.4 Å². The number of aliphatic carboxylic acids is 1. The molecule has 6 heteroatoms. The van der Waals surface area contributed by atoms with Crippen molar-refractivity contribution in [2.24, 2.45) is 5.73 Å². The van der Waals surface area contributed by atoms with Gasteiger partial charge < -0.3 is 20.7 Å². The second kappa shape index (κ2) is 6.26. The maximum atomic E-state index is 9.92. The zero-order chi connectivity index (χ0) is 7.44. The van der Waals surface area contributed by atoms with Crippen LogP contribution in [0.15, 0.2) is 0 Å². The van der Waals surface area contributed by atoms with Gasteiger partial charge in [-0.2, -0.15) is 0 Å². The van der Waals surface area contributed by atoms with E-state index in [1.165, 1.54) is 0 Å². The number of primary amides is 1. The van der Waals surface area contributed by atoms with Crippen LogP contribution in [0, 0.1) is 0 Å². The summed E-state index contributed by atoms with van der Waals surface area (Å²) in [5.41, 5.74) is 4.50. The second-order valence-corrected chi connectivity index (χ2v) is 1.49. The summed E-state index contributed by atoms with van der Waals surface area (Å²) in [5.74, 6) is -2.56. The molecule has 1 atom stereocenters. The Kier molecular flexibility index (Phi) is 8.23. The summed E-state index contributed by atoms with van der Waals surface area (Å²) < 4.78 is 0. The molecule has 0 saturated heterocycles. The van der Waals surface area contributed by atoms with Crippen LogP contribution in [0.1, 0.15) is 6.42 Å². The van der Waals surface area contributed by atoms with E-state index < -0.39 is 24.4 Å². The van der Waals surface area contributed by atoms with Crippen molar-refractivity contribution in [2.45, 2.75) is 12.5 Å². The molecule has 5 nitrogen and oxygen atoms in total. The number of carboxylic acids is 1. The van der Waals surface area contributed by atoms with Crippen LogP contribution in [0.4, 0.5) is 0 Å². The van der Waals surface area contributed by atoms with E-state index in [1.54, 1.807) is 0 Å². The van der Waals surface area contributed by atoms with Gasteiger partial charge in [0.25, 0.3) is 0 Å². The number of hydrogen-bond acceptors (Lipinski definition) is 4. The van der Waals surface area contributed by atoms with Crippen LogP contribution in [0.25, 0.3) is 0 Å². The Balaban J connectivity index is 0. The van der Waals surface area contributed by atoms with Crippen LogP contribution < -0.4 is 62.2 Å². The first-order valence-corrected chi connectivity index (χ1v) is 2.21. The van der Waals surface area contributed by atoms with Crippen LogP contribution in [0.3, 0.4) is 0 Å². The Labute approximate surface area is 100 Å². The van der Waals surface area contributed by atoms with E-state index in [4.69, 9.17) is 5.11 Å².